The van der Waals surface area contributed by atoms with E-state index >= 15 is 0 Å². The highest BCUT2D eigenvalue weighted by molar-refractivity contribution is 6.33. The van der Waals surface area contributed by atoms with Crippen LogP contribution in [0.3, 0.4) is 0 Å². The van der Waals surface area contributed by atoms with Gasteiger partial charge in [0.15, 0.2) is 0 Å². The quantitative estimate of drug-likeness (QED) is 0.847. The Hall–Kier alpha value is -1.33. The smallest absolute Gasteiger partial charge is 0.253 e. The minimum atomic E-state index is -0.154. The maximum Gasteiger partial charge on any atom is 0.253 e. The summed E-state index contributed by atoms with van der Waals surface area (Å²) in [4.78, 5) is 18.6. The molecule has 1 amide bonds. The lowest BCUT2D eigenvalue weighted by atomic mass is 10.2. The monoisotopic (exact) mass is 310 g/mol. The second-order valence-electron chi connectivity index (χ2n) is 5.47. The first-order valence-electron chi connectivity index (χ1n) is 7.43. The molecular formula is C15H23ClN4O. The molecule has 6 heteroatoms. The van der Waals surface area contributed by atoms with E-state index in [1.807, 2.05) is 0 Å². The summed E-state index contributed by atoms with van der Waals surface area (Å²) in [7, 11) is 3.88. The molecule has 0 aromatic carbocycles. The molecule has 1 aliphatic carbocycles. The van der Waals surface area contributed by atoms with Gasteiger partial charge in [0.1, 0.15) is 5.82 Å². The molecule has 0 saturated heterocycles. The molecule has 2 rings (SSSR count). The molecule has 0 aliphatic heterocycles. The number of nitrogens with zero attached hydrogens (tertiary/aromatic N) is 2. The van der Waals surface area contributed by atoms with E-state index in [1.165, 1.54) is 31.9 Å². The van der Waals surface area contributed by atoms with Crippen LogP contribution >= 0.6 is 11.6 Å². The Kier molecular flexibility index (Phi) is 5.82. The second-order valence-corrected chi connectivity index (χ2v) is 5.88. The van der Waals surface area contributed by atoms with Gasteiger partial charge in [-0.1, -0.05) is 24.4 Å². The number of carbonyl (C=O) groups is 1. The van der Waals surface area contributed by atoms with Crippen LogP contribution in [0.1, 0.15) is 36.0 Å². The van der Waals surface area contributed by atoms with Crippen LogP contribution in [0.25, 0.3) is 0 Å². The van der Waals surface area contributed by atoms with E-state index in [2.05, 4.69) is 27.6 Å². The Morgan fingerprint density at radius 1 is 1.48 bits per heavy atom. The van der Waals surface area contributed by atoms with E-state index in [0.717, 1.165) is 6.54 Å². The van der Waals surface area contributed by atoms with Gasteiger partial charge < -0.3 is 15.5 Å². The van der Waals surface area contributed by atoms with Gasteiger partial charge in [0.2, 0.25) is 0 Å². The van der Waals surface area contributed by atoms with E-state index in [-0.39, 0.29) is 5.91 Å². The number of likely N-dealkylation sites (N-methyl/N-ethyl adjacent to an activating group) is 1. The van der Waals surface area contributed by atoms with Crippen molar-refractivity contribution in [2.45, 2.75) is 31.7 Å². The van der Waals surface area contributed by atoms with Crippen molar-refractivity contribution in [1.29, 1.82) is 0 Å². The third-order valence-electron chi connectivity index (χ3n) is 4.05. The molecule has 2 N–H and O–H groups in total. The van der Waals surface area contributed by atoms with Crippen LogP contribution in [0.4, 0.5) is 5.82 Å². The van der Waals surface area contributed by atoms with Gasteiger partial charge in [-0.15, -0.1) is 0 Å². The average molecular weight is 311 g/mol. The van der Waals surface area contributed by atoms with Gasteiger partial charge in [-0.2, -0.15) is 0 Å². The van der Waals surface area contributed by atoms with Crippen molar-refractivity contribution < 1.29 is 4.79 Å². The van der Waals surface area contributed by atoms with Crippen LogP contribution in [0.5, 0.6) is 0 Å². The van der Waals surface area contributed by atoms with Crippen LogP contribution in [-0.2, 0) is 0 Å². The first-order chi connectivity index (χ1) is 10.1. The molecule has 1 fully saturated rings. The van der Waals surface area contributed by atoms with Crippen molar-refractivity contribution in [3.63, 3.8) is 0 Å². The standard InChI is InChI=1S/C15H23ClN4O/c1-17-14-9-12(13(16)10-19-14)15(21)18-7-8-20(2)11-5-3-4-6-11/h9-11H,3-8H2,1-2H3,(H,17,19)(H,18,21). The van der Waals surface area contributed by atoms with Crippen molar-refractivity contribution in [3.8, 4) is 0 Å². The van der Waals surface area contributed by atoms with Crippen molar-refractivity contribution in [3.05, 3.63) is 22.8 Å². The molecule has 0 unspecified atom stereocenters. The van der Waals surface area contributed by atoms with Gasteiger partial charge in [0.25, 0.3) is 5.91 Å². The molecule has 1 aromatic rings. The van der Waals surface area contributed by atoms with E-state index in [1.54, 1.807) is 13.1 Å². The summed E-state index contributed by atoms with van der Waals surface area (Å²) in [6.45, 7) is 1.48. The first-order valence-corrected chi connectivity index (χ1v) is 7.81. The number of hydrogen-bond donors (Lipinski definition) is 2. The maximum atomic E-state index is 12.2. The molecule has 0 radical (unpaired) electrons. The zero-order chi connectivity index (χ0) is 15.2. The number of aromatic nitrogens is 1. The lowest BCUT2D eigenvalue weighted by molar-refractivity contribution is 0.0947. The molecule has 116 valence electrons. The van der Waals surface area contributed by atoms with Crippen molar-refractivity contribution >= 4 is 23.3 Å². The highest BCUT2D eigenvalue weighted by Crippen LogP contribution is 2.22. The molecular weight excluding hydrogens is 288 g/mol. The topological polar surface area (TPSA) is 57.3 Å². The third kappa shape index (κ3) is 4.32. The Morgan fingerprint density at radius 2 is 2.19 bits per heavy atom. The van der Waals surface area contributed by atoms with Crippen LogP contribution in [0.15, 0.2) is 12.3 Å². The number of pyridine rings is 1. The van der Waals surface area contributed by atoms with E-state index < -0.39 is 0 Å². The SMILES string of the molecule is CNc1cc(C(=O)NCCN(C)C2CCCC2)c(Cl)cn1. The first kappa shape index (κ1) is 16.0. The molecule has 1 saturated carbocycles. The molecule has 0 bridgehead atoms. The molecule has 0 spiro atoms. The summed E-state index contributed by atoms with van der Waals surface area (Å²) >= 11 is 6.03. The number of halogens is 1. The highest BCUT2D eigenvalue weighted by Gasteiger charge is 2.19. The number of nitrogens with one attached hydrogen (secondary N) is 2. The van der Waals surface area contributed by atoms with Gasteiger partial charge in [-0.25, -0.2) is 4.98 Å². The molecule has 1 heterocycles. The van der Waals surface area contributed by atoms with Crippen molar-refractivity contribution in [2.24, 2.45) is 0 Å². The van der Waals surface area contributed by atoms with Crippen molar-refractivity contribution in [1.82, 2.24) is 15.2 Å². The minimum Gasteiger partial charge on any atom is -0.373 e. The molecule has 1 aliphatic rings. The molecule has 5 nitrogen and oxygen atoms in total. The summed E-state index contributed by atoms with van der Waals surface area (Å²) in [5.74, 6) is 0.478. The fourth-order valence-corrected chi connectivity index (χ4v) is 2.91. The van der Waals surface area contributed by atoms with Gasteiger partial charge in [0.05, 0.1) is 10.6 Å². The predicted octanol–water partition coefficient (Wildman–Crippen LogP) is 2.38. The lowest BCUT2D eigenvalue weighted by Crippen LogP contribution is -2.37. The van der Waals surface area contributed by atoms with E-state index in [0.29, 0.717) is 29.0 Å². The summed E-state index contributed by atoms with van der Waals surface area (Å²) in [6.07, 6.45) is 6.67. The van der Waals surface area contributed by atoms with Crippen LogP contribution in [-0.4, -0.2) is 49.0 Å². The number of amides is 1. The zero-order valence-electron chi connectivity index (χ0n) is 12.7. The Morgan fingerprint density at radius 3 is 2.86 bits per heavy atom. The summed E-state index contributed by atoms with van der Waals surface area (Å²) in [5, 5.41) is 6.20. The van der Waals surface area contributed by atoms with Gasteiger partial charge >= 0.3 is 0 Å². The van der Waals surface area contributed by atoms with Crippen LogP contribution in [0, 0.1) is 0 Å². The number of hydrogen-bond acceptors (Lipinski definition) is 4. The molecule has 21 heavy (non-hydrogen) atoms. The normalized spacial score (nSPS) is 15.4. The van der Waals surface area contributed by atoms with Gasteiger partial charge in [-0.3, -0.25) is 4.79 Å². The molecule has 1 aromatic heterocycles. The highest BCUT2D eigenvalue weighted by atomic mass is 35.5. The van der Waals surface area contributed by atoms with E-state index in [9.17, 15) is 4.79 Å². The fourth-order valence-electron chi connectivity index (χ4n) is 2.72. The predicted molar refractivity (Wildman–Crippen MR) is 86.0 cm³/mol. The molecule has 0 atom stereocenters. The summed E-state index contributed by atoms with van der Waals surface area (Å²) < 4.78 is 0. The Bertz CT molecular complexity index is 489. The third-order valence-corrected chi connectivity index (χ3v) is 4.36. The largest absolute Gasteiger partial charge is 0.373 e. The Labute approximate surface area is 131 Å². The van der Waals surface area contributed by atoms with Crippen LogP contribution in [0.2, 0.25) is 5.02 Å². The van der Waals surface area contributed by atoms with Gasteiger partial charge in [-0.05, 0) is 26.0 Å². The lowest BCUT2D eigenvalue weighted by Gasteiger charge is -2.23. The van der Waals surface area contributed by atoms with Crippen molar-refractivity contribution in [2.75, 3.05) is 32.5 Å². The Balaban J connectivity index is 1.84. The number of rotatable bonds is 6. The fraction of sp³-hybridized carbons (Fsp3) is 0.600. The summed E-state index contributed by atoms with van der Waals surface area (Å²) in [5.41, 5.74) is 0.458. The van der Waals surface area contributed by atoms with Crippen LogP contribution < -0.4 is 10.6 Å². The number of anilines is 1. The number of carbonyl (C=O) groups excluding carboxylic acids is 1. The van der Waals surface area contributed by atoms with E-state index in [4.69, 9.17) is 11.6 Å². The zero-order valence-corrected chi connectivity index (χ0v) is 13.4. The minimum absolute atomic E-state index is 0.154. The second kappa shape index (κ2) is 7.61. The maximum absolute atomic E-state index is 12.2. The average Bonchev–Trinajstić information content (AvgIpc) is 3.01. The summed E-state index contributed by atoms with van der Waals surface area (Å²) in [6, 6.07) is 2.33. The van der Waals surface area contributed by atoms with Gasteiger partial charge in [0, 0.05) is 32.4 Å².